The minimum Gasteiger partial charge on any atom is -0.479 e. The smallest absolute Gasteiger partial charge is 0.411 e. The minimum atomic E-state index is -1.41. The van der Waals surface area contributed by atoms with Crippen molar-refractivity contribution in [2.45, 2.75) is 19.6 Å². The molecule has 10 heteroatoms. The third-order valence-electron chi connectivity index (χ3n) is 4.17. The van der Waals surface area contributed by atoms with Gasteiger partial charge in [0, 0.05) is 6.54 Å². The van der Waals surface area contributed by atoms with E-state index in [1.807, 2.05) is 0 Å². The molecule has 1 aromatic heterocycles. The van der Waals surface area contributed by atoms with Gasteiger partial charge in [0.2, 0.25) is 0 Å². The molecule has 0 radical (unpaired) electrons. The fourth-order valence-electron chi connectivity index (χ4n) is 2.53. The molecule has 0 saturated heterocycles. The van der Waals surface area contributed by atoms with E-state index in [4.69, 9.17) is 20.7 Å². The van der Waals surface area contributed by atoms with Crippen LogP contribution in [0.15, 0.2) is 66.7 Å². The average Bonchev–Trinajstić information content (AvgIpc) is 2.81. The van der Waals surface area contributed by atoms with Gasteiger partial charge in [0.25, 0.3) is 0 Å². The molecule has 0 aliphatic carbocycles. The monoisotopic (exact) mass is 456 g/mol. The number of carbonyl (C=O) groups is 2. The van der Waals surface area contributed by atoms with Crippen molar-refractivity contribution >= 4 is 29.4 Å². The third kappa shape index (κ3) is 8.46. The highest BCUT2D eigenvalue weighted by Crippen LogP contribution is 2.19. The summed E-state index contributed by atoms with van der Waals surface area (Å²) in [5, 5.41) is 23.0. The second kappa shape index (κ2) is 12.6. The number of aromatic nitrogens is 1. The topological polar surface area (TPSA) is 147 Å². The molecule has 0 saturated carbocycles. The summed E-state index contributed by atoms with van der Waals surface area (Å²) in [7, 11) is 0. The van der Waals surface area contributed by atoms with Crippen LogP contribution in [0.25, 0.3) is 0 Å². The van der Waals surface area contributed by atoms with Gasteiger partial charge in [-0.1, -0.05) is 42.5 Å². The quantitative estimate of drug-likeness (QED) is 0.361. The lowest BCUT2D eigenvalue weighted by molar-refractivity contribution is -0.146. The second-order valence-corrected chi connectivity index (χ2v) is 6.61. The largest absolute Gasteiger partial charge is 0.479 e. The van der Waals surface area contributed by atoms with Crippen molar-refractivity contribution in [1.29, 1.82) is 0 Å². The number of nitrogens with one attached hydrogen (secondary N) is 2. The Morgan fingerprint density at radius 2 is 1.76 bits per heavy atom. The molecule has 0 aliphatic heterocycles. The Morgan fingerprint density at radius 3 is 2.33 bits per heavy atom. The lowest BCUT2D eigenvalue weighted by atomic mass is 10.1. The maximum Gasteiger partial charge on any atom is 0.411 e. The fraction of sp³-hybridized carbons (Fsp3) is 0.174. The van der Waals surface area contributed by atoms with Gasteiger partial charge in [0.1, 0.15) is 17.5 Å². The number of hydrogen-bond acceptors (Lipinski definition) is 7. The van der Waals surface area contributed by atoms with Crippen molar-refractivity contribution in [1.82, 2.24) is 4.98 Å². The molecule has 0 fully saturated rings. The Morgan fingerprint density at radius 1 is 1.09 bits per heavy atom. The van der Waals surface area contributed by atoms with E-state index < -0.39 is 18.2 Å². The summed E-state index contributed by atoms with van der Waals surface area (Å²) < 4.78 is 17.6. The van der Waals surface area contributed by atoms with Crippen LogP contribution in [-0.2, 0) is 16.1 Å². The van der Waals surface area contributed by atoms with Gasteiger partial charge in [-0.3, -0.25) is 5.32 Å². The van der Waals surface area contributed by atoms with Crippen molar-refractivity contribution in [3.63, 3.8) is 0 Å². The number of amides is 1. The Hall–Kier alpha value is -4.18. The fourth-order valence-corrected chi connectivity index (χ4v) is 2.53. The SMILES string of the molecule is CCOC(=O)Nc1ccc(NCc2ccc(F)cc2)nc1N.O=C(O)C(O)c1ccccc1. The molecule has 1 atom stereocenters. The molecule has 1 amide bonds. The van der Waals surface area contributed by atoms with Crippen LogP contribution in [0.2, 0.25) is 0 Å². The number of hydrogen-bond donors (Lipinski definition) is 5. The van der Waals surface area contributed by atoms with E-state index in [1.165, 1.54) is 12.1 Å². The number of carbonyl (C=O) groups excluding carboxylic acids is 1. The van der Waals surface area contributed by atoms with Crippen LogP contribution >= 0.6 is 0 Å². The number of pyridine rings is 1. The highest BCUT2D eigenvalue weighted by molar-refractivity contribution is 5.88. The first-order valence-electron chi connectivity index (χ1n) is 9.94. The van der Waals surface area contributed by atoms with Gasteiger partial charge in [-0.2, -0.15) is 0 Å². The summed E-state index contributed by atoms with van der Waals surface area (Å²) >= 11 is 0. The first-order valence-corrected chi connectivity index (χ1v) is 9.94. The summed E-state index contributed by atoms with van der Waals surface area (Å²) in [5.74, 6) is -0.773. The number of anilines is 3. The van der Waals surface area contributed by atoms with E-state index >= 15 is 0 Å². The molecule has 3 aromatic rings. The normalized spacial score (nSPS) is 10.9. The molecule has 174 valence electrons. The highest BCUT2D eigenvalue weighted by Gasteiger charge is 2.14. The van der Waals surface area contributed by atoms with Gasteiger partial charge in [-0.05, 0) is 42.3 Å². The second-order valence-electron chi connectivity index (χ2n) is 6.61. The van der Waals surface area contributed by atoms with Crippen LogP contribution < -0.4 is 16.4 Å². The van der Waals surface area contributed by atoms with E-state index in [0.717, 1.165) is 5.56 Å². The van der Waals surface area contributed by atoms with Crippen LogP contribution in [0.1, 0.15) is 24.2 Å². The number of aliphatic carboxylic acids is 1. The maximum atomic E-state index is 12.8. The number of benzene rings is 2. The molecule has 0 spiro atoms. The zero-order valence-corrected chi connectivity index (χ0v) is 17.9. The number of halogens is 1. The maximum absolute atomic E-state index is 12.8. The van der Waals surface area contributed by atoms with Crippen LogP contribution in [0.5, 0.6) is 0 Å². The Bertz CT molecular complexity index is 1050. The predicted octanol–water partition coefficient (Wildman–Crippen LogP) is 3.79. The molecule has 0 aliphatic rings. The Kier molecular flexibility index (Phi) is 9.59. The molecular weight excluding hydrogens is 431 g/mol. The van der Waals surface area contributed by atoms with Crippen molar-refractivity contribution in [3.05, 3.63) is 83.7 Å². The van der Waals surface area contributed by atoms with Crippen LogP contribution in [0.3, 0.4) is 0 Å². The molecule has 9 nitrogen and oxygen atoms in total. The number of aliphatic hydroxyl groups is 1. The van der Waals surface area contributed by atoms with E-state index in [1.54, 1.807) is 61.5 Å². The van der Waals surface area contributed by atoms with Gasteiger partial charge in [-0.15, -0.1) is 0 Å². The van der Waals surface area contributed by atoms with Crippen molar-refractivity contribution in [2.75, 3.05) is 23.0 Å². The van der Waals surface area contributed by atoms with E-state index in [9.17, 15) is 14.0 Å². The molecule has 1 unspecified atom stereocenters. The molecular formula is C23H25FN4O5. The Balaban J connectivity index is 0.000000294. The van der Waals surface area contributed by atoms with Crippen molar-refractivity contribution in [2.24, 2.45) is 0 Å². The predicted molar refractivity (Wildman–Crippen MR) is 122 cm³/mol. The van der Waals surface area contributed by atoms with E-state index in [0.29, 0.717) is 23.6 Å². The zero-order chi connectivity index (χ0) is 24.2. The molecule has 1 heterocycles. The summed E-state index contributed by atoms with van der Waals surface area (Å²) in [5.41, 5.74) is 7.48. The number of aliphatic hydroxyl groups excluding tert-OH is 1. The Labute approximate surface area is 190 Å². The number of carboxylic acids is 1. The summed E-state index contributed by atoms with van der Waals surface area (Å²) in [6, 6.07) is 17.7. The number of carboxylic acid groups (broad SMARTS) is 1. The van der Waals surface area contributed by atoms with Crippen LogP contribution in [0, 0.1) is 5.82 Å². The summed E-state index contributed by atoms with van der Waals surface area (Å²) in [6.07, 6.45) is -1.99. The van der Waals surface area contributed by atoms with E-state index in [-0.39, 0.29) is 18.2 Å². The third-order valence-corrected chi connectivity index (χ3v) is 4.17. The number of ether oxygens (including phenoxy) is 1. The first-order chi connectivity index (χ1) is 15.8. The van der Waals surface area contributed by atoms with Crippen LogP contribution in [-0.4, -0.2) is 33.9 Å². The number of nitrogens with two attached hydrogens (primary N) is 1. The van der Waals surface area contributed by atoms with Crippen LogP contribution in [0.4, 0.5) is 26.5 Å². The molecule has 3 rings (SSSR count). The highest BCUT2D eigenvalue weighted by atomic mass is 19.1. The van der Waals surface area contributed by atoms with Gasteiger partial charge in [0.05, 0.1) is 12.3 Å². The zero-order valence-electron chi connectivity index (χ0n) is 17.9. The lowest BCUT2D eigenvalue weighted by Gasteiger charge is -2.10. The van der Waals surface area contributed by atoms with E-state index in [2.05, 4.69) is 15.6 Å². The average molecular weight is 456 g/mol. The number of rotatable bonds is 7. The summed E-state index contributed by atoms with van der Waals surface area (Å²) in [4.78, 5) is 25.7. The molecule has 2 aromatic carbocycles. The molecule has 0 bridgehead atoms. The van der Waals surface area contributed by atoms with Gasteiger partial charge < -0.3 is 26.0 Å². The van der Waals surface area contributed by atoms with Gasteiger partial charge in [-0.25, -0.2) is 19.0 Å². The molecule has 33 heavy (non-hydrogen) atoms. The van der Waals surface area contributed by atoms with Gasteiger partial charge in [0.15, 0.2) is 6.10 Å². The number of nitrogen functional groups attached to an aromatic ring is 1. The summed E-state index contributed by atoms with van der Waals surface area (Å²) in [6.45, 7) is 2.47. The first kappa shape index (κ1) is 25.1. The van der Waals surface area contributed by atoms with Crippen molar-refractivity contribution in [3.8, 4) is 0 Å². The van der Waals surface area contributed by atoms with Gasteiger partial charge >= 0.3 is 12.1 Å². The van der Waals surface area contributed by atoms with Crippen molar-refractivity contribution < 1.29 is 28.9 Å². The standard InChI is InChI=1S/C15H17FN4O2.C8H8O3/c1-2-22-15(21)19-12-7-8-13(20-14(12)17)18-9-10-3-5-11(16)6-4-10;9-7(8(10)11)6-4-2-1-3-5-6/h3-8H,2,9H2,1H3,(H,19,21)(H3,17,18,20);1-5,7,9H,(H,10,11). The molecule has 6 N–H and O–H groups in total. The number of nitrogens with zero attached hydrogens (tertiary/aromatic N) is 1. The minimum absolute atomic E-state index is 0.178. The lowest BCUT2D eigenvalue weighted by Crippen LogP contribution is -2.15.